The summed E-state index contributed by atoms with van der Waals surface area (Å²) in [6, 6.07) is 6.87. The normalized spacial score (nSPS) is 19.0. The van der Waals surface area contributed by atoms with Crippen molar-refractivity contribution in [2.75, 3.05) is 13.1 Å². The maximum Gasteiger partial charge on any atom is 0.417 e. The molecule has 0 radical (unpaired) electrons. The molecule has 4 rings (SSSR count). The fraction of sp³-hybridized carbons (Fsp3) is 0.333. The van der Waals surface area contributed by atoms with Gasteiger partial charge in [-0.15, -0.1) is 10.2 Å². The van der Waals surface area contributed by atoms with Crippen molar-refractivity contribution in [1.29, 1.82) is 0 Å². The molecule has 3 heterocycles. The first-order valence-corrected chi connectivity index (χ1v) is 10.3. The molecular weight excluding hydrogens is 412 g/mol. The highest BCUT2D eigenvalue weighted by atomic mass is 32.2. The maximum atomic E-state index is 13.5. The van der Waals surface area contributed by atoms with E-state index in [0.29, 0.717) is 12.8 Å². The monoisotopic (exact) mass is 428 g/mol. The SMILES string of the molecule is O=S(=O)(c1cccc(F)c1)N1CCC[C@H](c2nnc3ccc(C(F)(F)F)cn23)C1. The summed E-state index contributed by atoms with van der Waals surface area (Å²) < 4.78 is 80.9. The lowest BCUT2D eigenvalue weighted by Gasteiger charge is -2.31. The largest absolute Gasteiger partial charge is 0.417 e. The summed E-state index contributed by atoms with van der Waals surface area (Å²) in [6.45, 7) is 0.260. The smallest absolute Gasteiger partial charge is 0.286 e. The molecule has 3 aromatic rings. The van der Waals surface area contributed by atoms with Crippen LogP contribution in [0, 0.1) is 5.82 Å². The van der Waals surface area contributed by atoms with Crippen LogP contribution < -0.4 is 0 Å². The number of benzene rings is 1. The fourth-order valence-electron chi connectivity index (χ4n) is 3.50. The molecule has 0 spiro atoms. The van der Waals surface area contributed by atoms with Gasteiger partial charge in [-0.2, -0.15) is 17.5 Å². The Morgan fingerprint density at radius 3 is 2.62 bits per heavy atom. The molecule has 2 aromatic heterocycles. The standard InChI is InChI=1S/C18H16F4N4O2S/c19-14-4-1-5-15(9-14)29(27,28)25-8-2-3-12(10-25)17-24-23-16-7-6-13(11-26(16)17)18(20,21)22/h1,4-7,9,11-12H,2-3,8,10H2/t12-/m0/s1. The Hall–Kier alpha value is -2.53. The number of fused-ring (bicyclic) bond motifs is 1. The Bertz CT molecular complexity index is 1160. The Labute approximate surface area is 163 Å². The van der Waals surface area contributed by atoms with Crippen LogP contribution in [-0.4, -0.2) is 40.4 Å². The third-order valence-corrected chi connectivity index (χ3v) is 6.80. The van der Waals surface area contributed by atoms with Gasteiger partial charge in [-0.3, -0.25) is 4.40 Å². The highest BCUT2D eigenvalue weighted by molar-refractivity contribution is 7.89. The van der Waals surface area contributed by atoms with Gasteiger partial charge in [-0.25, -0.2) is 12.8 Å². The van der Waals surface area contributed by atoms with E-state index in [9.17, 15) is 26.0 Å². The number of hydrogen-bond acceptors (Lipinski definition) is 4. The molecular formula is C18H16F4N4O2S. The second-order valence-electron chi connectivity index (χ2n) is 6.86. The van der Waals surface area contributed by atoms with Crippen LogP contribution in [0.1, 0.15) is 30.1 Å². The van der Waals surface area contributed by atoms with Crippen LogP contribution in [0.4, 0.5) is 17.6 Å². The van der Waals surface area contributed by atoms with Crippen LogP contribution in [0.2, 0.25) is 0 Å². The number of sulfonamides is 1. The van der Waals surface area contributed by atoms with E-state index in [2.05, 4.69) is 10.2 Å². The van der Waals surface area contributed by atoms with Gasteiger partial charge in [0.15, 0.2) is 5.65 Å². The topological polar surface area (TPSA) is 67.6 Å². The summed E-state index contributed by atoms with van der Waals surface area (Å²) in [4.78, 5) is -0.163. The predicted molar refractivity (Wildman–Crippen MR) is 95.1 cm³/mol. The van der Waals surface area contributed by atoms with E-state index in [0.717, 1.165) is 24.4 Å². The molecule has 1 aromatic carbocycles. The van der Waals surface area contributed by atoms with Crippen LogP contribution in [0.25, 0.3) is 5.65 Å². The van der Waals surface area contributed by atoms with Crippen molar-refractivity contribution in [3.05, 3.63) is 59.8 Å². The van der Waals surface area contributed by atoms with Crippen molar-refractivity contribution in [2.45, 2.75) is 29.8 Å². The van der Waals surface area contributed by atoms with E-state index < -0.39 is 33.5 Å². The molecule has 6 nitrogen and oxygen atoms in total. The zero-order chi connectivity index (χ0) is 20.8. The molecule has 0 N–H and O–H groups in total. The van der Waals surface area contributed by atoms with Gasteiger partial charge >= 0.3 is 6.18 Å². The molecule has 29 heavy (non-hydrogen) atoms. The molecule has 1 aliphatic heterocycles. The summed E-state index contributed by atoms with van der Waals surface area (Å²) in [7, 11) is -3.94. The van der Waals surface area contributed by atoms with Crippen LogP contribution in [0.5, 0.6) is 0 Å². The van der Waals surface area contributed by atoms with Crippen molar-refractivity contribution in [3.63, 3.8) is 0 Å². The van der Waals surface area contributed by atoms with Gasteiger partial charge in [0, 0.05) is 25.2 Å². The maximum absolute atomic E-state index is 13.5. The Balaban J connectivity index is 1.67. The minimum Gasteiger partial charge on any atom is -0.286 e. The highest BCUT2D eigenvalue weighted by Crippen LogP contribution is 2.32. The highest BCUT2D eigenvalue weighted by Gasteiger charge is 2.34. The molecule has 1 fully saturated rings. The number of rotatable bonds is 3. The zero-order valence-electron chi connectivity index (χ0n) is 15.0. The van der Waals surface area contributed by atoms with Crippen molar-refractivity contribution in [2.24, 2.45) is 0 Å². The fourth-order valence-corrected chi connectivity index (χ4v) is 5.06. The third-order valence-electron chi connectivity index (χ3n) is 4.94. The summed E-state index contributed by atoms with van der Waals surface area (Å²) in [5, 5.41) is 7.91. The summed E-state index contributed by atoms with van der Waals surface area (Å²) in [5.74, 6) is -0.835. The molecule has 0 amide bonds. The average molecular weight is 428 g/mol. The molecule has 1 saturated heterocycles. The van der Waals surface area contributed by atoms with E-state index in [1.807, 2.05) is 0 Å². The van der Waals surface area contributed by atoms with Gasteiger partial charge in [-0.1, -0.05) is 6.07 Å². The lowest BCUT2D eigenvalue weighted by molar-refractivity contribution is -0.137. The minimum absolute atomic E-state index is 0.0237. The van der Waals surface area contributed by atoms with Gasteiger partial charge in [0.25, 0.3) is 0 Å². The number of nitrogens with zero attached hydrogens (tertiary/aromatic N) is 4. The minimum atomic E-state index is -4.52. The molecule has 1 aliphatic rings. The van der Waals surface area contributed by atoms with Crippen molar-refractivity contribution in [1.82, 2.24) is 18.9 Å². The first-order valence-electron chi connectivity index (χ1n) is 8.84. The van der Waals surface area contributed by atoms with E-state index in [4.69, 9.17) is 0 Å². The Morgan fingerprint density at radius 1 is 1.10 bits per heavy atom. The number of aromatic nitrogens is 3. The molecule has 0 saturated carbocycles. The van der Waals surface area contributed by atoms with E-state index in [-0.39, 0.29) is 29.5 Å². The number of hydrogen-bond donors (Lipinski definition) is 0. The number of pyridine rings is 1. The van der Waals surface area contributed by atoms with E-state index in [1.54, 1.807) is 0 Å². The molecule has 0 aliphatic carbocycles. The van der Waals surface area contributed by atoms with Gasteiger partial charge < -0.3 is 0 Å². The van der Waals surface area contributed by atoms with Crippen molar-refractivity contribution >= 4 is 15.7 Å². The second kappa shape index (κ2) is 7.06. The van der Waals surface area contributed by atoms with Gasteiger partial charge in [-0.05, 0) is 43.2 Å². The summed E-state index contributed by atoms with van der Waals surface area (Å²) in [5.41, 5.74) is -0.593. The molecule has 11 heteroatoms. The molecule has 154 valence electrons. The van der Waals surface area contributed by atoms with Gasteiger partial charge in [0.05, 0.1) is 10.5 Å². The quantitative estimate of drug-likeness (QED) is 0.600. The lowest BCUT2D eigenvalue weighted by Crippen LogP contribution is -2.39. The third kappa shape index (κ3) is 3.71. The number of halogens is 4. The van der Waals surface area contributed by atoms with Crippen molar-refractivity contribution in [3.8, 4) is 0 Å². The second-order valence-corrected chi connectivity index (χ2v) is 8.80. The van der Waals surface area contributed by atoms with Crippen molar-refractivity contribution < 1.29 is 26.0 Å². The first-order chi connectivity index (χ1) is 13.7. The van der Waals surface area contributed by atoms with Crippen LogP contribution in [-0.2, 0) is 16.2 Å². The van der Waals surface area contributed by atoms with E-state index in [1.165, 1.54) is 26.9 Å². The Morgan fingerprint density at radius 2 is 1.90 bits per heavy atom. The Kier molecular flexibility index (Phi) is 4.82. The first kappa shape index (κ1) is 19.8. The zero-order valence-corrected chi connectivity index (χ0v) is 15.8. The lowest BCUT2D eigenvalue weighted by atomic mass is 9.99. The number of piperidine rings is 1. The van der Waals surface area contributed by atoms with Crippen LogP contribution in [0.3, 0.4) is 0 Å². The van der Waals surface area contributed by atoms with E-state index >= 15 is 0 Å². The summed E-state index contributed by atoms with van der Waals surface area (Å²) >= 11 is 0. The molecule has 1 atom stereocenters. The molecule has 0 bridgehead atoms. The van der Waals surface area contributed by atoms with Gasteiger partial charge in [0.1, 0.15) is 11.6 Å². The predicted octanol–water partition coefficient (Wildman–Crippen LogP) is 3.46. The molecule has 0 unspecified atom stereocenters. The van der Waals surface area contributed by atoms with Gasteiger partial charge in [0.2, 0.25) is 10.0 Å². The number of alkyl halides is 3. The average Bonchev–Trinajstić information content (AvgIpc) is 3.11. The van der Waals surface area contributed by atoms with Crippen LogP contribution in [0.15, 0.2) is 47.5 Å². The summed E-state index contributed by atoms with van der Waals surface area (Å²) in [6.07, 6.45) is -2.56. The van der Waals surface area contributed by atoms with Crippen LogP contribution >= 0.6 is 0 Å².